The highest BCUT2D eigenvalue weighted by Crippen LogP contribution is 2.22. The Labute approximate surface area is 151 Å². The van der Waals surface area contributed by atoms with Crippen molar-refractivity contribution in [3.8, 4) is 5.75 Å². The van der Waals surface area contributed by atoms with E-state index >= 15 is 0 Å². The zero-order valence-electron chi connectivity index (χ0n) is 13.9. The molecule has 0 aliphatic rings. The van der Waals surface area contributed by atoms with Crippen molar-refractivity contribution in [3.05, 3.63) is 52.9 Å². The number of carbonyl (C=O) groups is 1. The molecule has 0 bridgehead atoms. The molecule has 1 atom stereocenters. The van der Waals surface area contributed by atoms with Gasteiger partial charge < -0.3 is 14.5 Å². The third-order valence-electron chi connectivity index (χ3n) is 3.44. The number of nitrogens with one attached hydrogen (secondary N) is 1. The standard InChI is InChI=1S/C18H22ClNO3S/c1-3-17(23-14-6-7-16(19)13(2)11-14)18(21)20-8-10-24-12-15-5-4-9-22-15/h4-7,9,11,17H,3,8,10,12H2,1-2H3,(H,20,21). The SMILES string of the molecule is CCC(Oc1ccc(Cl)c(C)c1)C(=O)NCCSCc1ccco1. The number of rotatable bonds is 9. The average Bonchev–Trinajstić information content (AvgIpc) is 3.08. The Bertz CT molecular complexity index is 646. The lowest BCUT2D eigenvalue weighted by atomic mass is 10.2. The van der Waals surface area contributed by atoms with Crippen LogP contribution in [-0.2, 0) is 10.5 Å². The number of carbonyl (C=O) groups excluding carboxylic acids is 1. The van der Waals surface area contributed by atoms with Gasteiger partial charge in [-0.1, -0.05) is 18.5 Å². The predicted octanol–water partition coefficient (Wildman–Crippen LogP) is 4.45. The fourth-order valence-electron chi connectivity index (χ4n) is 2.10. The smallest absolute Gasteiger partial charge is 0.261 e. The van der Waals surface area contributed by atoms with Crippen LogP contribution >= 0.6 is 23.4 Å². The second kappa shape index (κ2) is 9.64. The highest BCUT2D eigenvalue weighted by molar-refractivity contribution is 7.98. The Morgan fingerprint density at radius 1 is 1.42 bits per heavy atom. The van der Waals surface area contributed by atoms with E-state index < -0.39 is 6.10 Å². The fraction of sp³-hybridized carbons (Fsp3) is 0.389. The van der Waals surface area contributed by atoms with Crippen LogP contribution in [0, 0.1) is 6.92 Å². The molecule has 1 unspecified atom stereocenters. The molecule has 1 N–H and O–H groups in total. The molecule has 0 radical (unpaired) electrons. The third kappa shape index (κ3) is 5.80. The molecule has 2 rings (SSSR count). The van der Waals surface area contributed by atoms with Crippen molar-refractivity contribution >= 4 is 29.3 Å². The Morgan fingerprint density at radius 3 is 2.92 bits per heavy atom. The number of hydrogen-bond acceptors (Lipinski definition) is 4. The number of hydrogen-bond donors (Lipinski definition) is 1. The first-order valence-electron chi connectivity index (χ1n) is 7.90. The van der Waals surface area contributed by atoms with E-state index in [1.54, 1.807) is 30.2 Å². The van der Waals surface area contributed by atoms with Gasteiger partial charge in [0.05, 0.1) is 12.0 Å². The minimum absolute atomic E-state index is 0.0938. The Morgan fingerprint density at radius 2 is 2.25 bits per heavy atom. The molecular weight excluding hydrogens is 346 g/mol. The molecular formula is C18H22ClNO3S. The lowest BCUT2D eigenvalue weighted by Crippen LogP contribution is -2.39. The first kappa shape index (κ1) is 18.7. The van der Waals surface area contributed by atoms with Crippen LogP contribution in [0.1, 0.15) is 24.7 Å². The number of halogens is 1. The molecule has 0 aliphatic heterocycles. The molecule has 0 spiro atoms. The van der Waals surface area contributed by atoms with Gasteiger partial charge in [-0.25, -0.2) is 0 Å². The molecule has 1 aromatic carbocycles. The van der Waals surface area contributed by atoms with Crippen LogP contribution < -0.4 is 10.1 Å². The number of benzene rings is 1. The van der Waals surface area contributed by atoms with Gasteiger partial charge in [-0.15, -0.1) is 0 Å². The van der Waals surface area contributed by atoms with Crippen LogP contribution in [0.4, 0.5) is 0 Å². The third-order valence-corrected chi connectivity index (χ3v) is 4.85. The van der Waals surface area contributed by atoms with Crippen LogP contribution in [0.3, 0.4) is 0 Å². The summed E-state index contributed by atoms with van der Waals surface area (Å²) >= 11 is 7.72. The van der Waals surface area contributed by atoms with Crippen molar-refractivity contribution in [2.75, 3.05) is 12.3 Å². The molecule has 130 valence electrons. The van der Waals surface area contributed by atoms with Crippen LogP contribution in [0.25, 0.3) is 0 Å². The highest BCUT2D eigenvalue weighted by Gasteiger charge is 2.18. The molecule has 4 nitrogen and oxygen atoms in total. The van der Waals surface area contributed by atoms with E-state index in [0.717, 1.165) is 22.8 Å². The Hall–Kier alpha value is -1.59. The van der Waals surface area contributed by atoms with Gasteiger partial charge in [0.25, 0.3) is 5.91 Å². The zero-order valence-corrected chi connectivity index (χ0v) is 15.5. The summed E-state index contributed by atoms with van der Waals surface area (Å²) in [5.41, 5.74) is 0.929. The lowest BCUT2D eigenvalue weighted by Gasteiger charge is -2.17. The van der Waals surface area contributed by atoms with Gasteiger partial charge in [-0.3, -0.25) is 4.79 Å². The quantitative estimate of drug-likeness (QED) is 0.665. The summed E-state index contributed by atoms with van der Waals surface area (Å²) < 4.78 is 11.0. The second-order valence-corrected chi connectivity index (χ2v) is 6.86. The zero-order chi connectivity index (χ0) is 17.4. The van der Waals surface area contributed by atoms with Gasteiger partial charge in [0.2, 0.25) is 0 Å². The van der Waals surface area contributed by atoms with Crippen molar-refractivity contribution in [3.63, 3.8) is 0 Å². The molecule has 1 amide bonds. The highest BCUT2D eigenvalue weighted by atomic mass is 35.5. The largest absolute Gasteiger partial charge is 0.481 e. The van der Waals surface area contributed by atoms with Crippen molar-refractivity contribution in [1.82, 2.24) is 5.32 Å². The van der Waals surface area contributed by atoms with E-state index in [0.29, 0.717) is 23.7 Å². The molecule has 0 saturated carbocycles. The van der Waals surface area contributed by atoms with Crippen molar-refractivity contribution in [1.29, 1.82) is 0 Å². The topological polar surface area (TPSA) is 51.5 Å². The van der Waals surface area contributed by atoms with Gasteiger partial charge in [-0.05, 0) is 49.2 Å². The van der Waals surface area contributed by atoms with Gasteiger partial charge in [0.15, 0.2) is 6.10 Å². The van der Waals surface area contributed by atoms with E-state index in [2.05, 4.69) is 5.32 Å². The van der Waals surface area contributed by atoms with E-state index in [1.807, 2.05) is 32.0 Å². The molecule has 0 saturated heterocycles. The van der Waals surface area contributed by atoms with Crippen LogP contribution in [-0.4, -0.2) is 24.3 Å². The maximum Gasteiger partial charge on any atom is 0.261 e. The number of furan rings is 1. The lowest BCUT2D eigenvalue weighted by molar-refractivity contribution is -0.127. The molecule has 0 fully saturated rings. The Kier molecular flexibility index (Phi) is 7.53. The second-order valence-electron chi connectivity index (χ2n) is 5.35. The number of aryl methyl sites for hydroxylation is 1. The number of thioether (sulfide) groups is 1. The molecule has 2 aromatic rings. The number of ether oxygens (including phenoxy) is 1. The normalized spacial score (nSPS) is 12.0. The summed E-state index contributed by atoms with van der Waals surface area (Å²) in [7, 11) is 0. The summed E-state index contributed by atoms with van der Waals surface area (Å²) in [6, 6.07) is 9.23. The fourth-order valence-corrected chi connectivity index (χ4v) is 2.98. The summed E-state index contributed by atoms with van der Waals surface area (Å²) in [4.78, 5) is 12.2. The van der Waals surface area contributed by atoms with E-state index in [-0.39, 0.29) is 5.91 Å². The summed E-state index contributed by atoms with van der Waals surface area (Å²) in [5.74, 6) is 3.14. The van der Waals surface area contributed by atoms with Crippen molar-refractivity contribution in [2.24, 2.45) is 0 Å². The van der Waals surface area contributed by atoms with Gasteiger partial charge >= 0.3 is 0 Å². The maximum absolute atomic E-state index is 12.2. The Balaban J connectivity index is 1.73. The van der Waals surface area contributed by atoms with Gasteiger partial charge in [0.1, 0.15) is 11.5 Å². The van der Waals surface area contributed by atoms with Crippen LogP contribution in [0.2, 0.25) is 5.02 Å². The van der Waals surface area contributed by atoms with Crippen LogP contribution in [0.5, 0.6) is 5.75 Å². The van der Waals surface area contributed by atoms with Gasteiger partial charge in [-0.2, -0.15) is 11.8 Å². The summed E-state index contributed by atoms with van der Waals surface area (Å²) in [6.45, 7) is 4.44. The molecule has 0 aliphatic carbocycles. The van der Waals surface area contributed by atoms with Crippen molar-refractivity contribution < 1.29 is 13.9 Å². The van der Waals surface area contributed by atoms with Crippen LogP contribution in [0.15, 0.2) is 41.0 Å². The predicted molar refractivity (Wildman–Crippen MR) is 98.8 cm³/mol. The number of amides is 1. The van der Waals surface area contributed by atoms with E-state index in [9.17, 15) is 4.79 Å². The molecule has 1 aromatic heterocycles. The minimum atomic E-state index is -0.499. The maximum atomic E-state index is 12.2. The summed E-state index contributed by atoms with van der Waals surface area (Å²) in [6.07, 6.45) is 1.77. The minimum Gasteiger partial charge on any atom is -0.481 e. The molecule has 24 heavy (non-hydrogen) atoms. The van der Waals surface area contributed by atoms with E-state index in [4.69, 9.17) is 20.8 Å². The summed E-state index contributed by atoms with van der Waals surface area (Å²) in [5, 5.41) is 3.61. The van der Waals surface area contributed by atoms with E-state index in [1.165, 1.54) is 0 Å². The average molecular weight is 368 g/mol. The van der Waals surface area contributed by atoms with Gasteiger partial charge in [0, 0.05) is 17.3 Å². The monoisotopic (exact) mass is 367 g/mol. The molecule has 1 heterocycles. The van der Waals surface area contributed by atoms with Crippen molar-refractivity contribution in [2.45, 2.75) is 32.1 Å². The first-order valence-corrected chi connectivity index (χ1v) is 9.44. The first-order chi connectivity index (χ1) is 11.6. The molecule has 6 heteroatoms.